The summed E-state index contributed by atoms with van der Waals surface area (Å²) in [6.07, 6.45) is 6.53. The van der Waals surface area contributed by atoms with Gasteiger partial charge in [-0.1, -0.05) is 45.9 Å². The minimum Gasteiger partial charge on any atom is -0.491 e. The van der Waals surface area contributed by atoms with Crippen molar-refractivity contribution < 1.29 is 19.4 Å². The molecule has 3 aromatic rings. The molecular weight excluding hydrogens is 464 g/mol. The van der Waals surface area contributed by atoms with E-state index in [1.54, 1.807) is 18.2 Å². The molecule has 0 spiro atoms. The van der Waals surface area contributed by atoms with Gasteiger partial charge >= 0.3 is 5.97 Å². The quantitative estimate of drug-likeness (QED) is 0.186. The number of hydrogen-bond donors (Lipinski definition) is 2. The molecular formula is C31H40N2O4. The third-order valence-corrected chi connectivity index (χ3v) is 6.34. The number of carboxylic acid groups (broad SMARTS) is 1. The average molecular weight is 505 g/mol. The number of aromatic nitrogens is 1. The number of carboxylic acids is 1. The van der Waals surface area contributed by atoms with Gasteiger partial charge in [0.15, 0.2) is 0 Å². The number of ether oxygens (including phenoxy) is 1. The predicted octanol–water partition coefficient (Wildman–Crippen LogP) is 7.56. The Balaban J connectivity index is 1.73. The molecule has 0 saturated heterocycles. The van der Waals surface area contributed by atoms with Crippen LogP contribution in [0.4, 0.5) is 5.69 Å². The number of nitrogens with zero attached hydrogens (tertiary/aromatic N) is 1. The van der Waals surface area contributed by atoms with Gasteiger partial charge in [0.1, 0.15) is 5.75 Å². The number of allylic oxidation sites excluding steroid dienone is 1. The molecule has 0 aliphatic heterocycles. The molecule has 0 fully saturated rings. The summed E-state index contributed by atoms with van der Waals surface area (Å²) in [7, 11) is 0. The molecule has 198 valence electrons. The van der Waals surface area contributed by atoms with Gasteiger partial charge in [-0.05, 0) is 79.5 Å². The van der Waals surface area contributed by atoms with Crippen LogP contribution in [0.3, 0.4) is 0 Å². The van der Waals surface area contributed by atoms with Crippen LogP contribution in [-0.2, 0) is 9.59 Å². The third-order valence-electron chi connectivity index (χ3n) is 6.34. The van der Waals surface area contributed by atoms with Crippen molar-refractivity contribution in [2.24, 2.45) is 11.8 Å². The van der Waals surface area contributed by atoms with Gasteiger partial charge in [0.2, 0.25) is 5.91 Å². The number of aliphatic carboxylic acids is 1. The lowest BCUT2D eigenvalue weighted by Crippen LogP contribution is -2.13. The maximum absolute atomic E-state index is 12.8. The van der Waals surface area contributed by atoms with Crippen LogP contribution in [0.25, 0.3) is 16.5 Å². The molecule has 37 heavy (non-hydrogen) atoms. The number of carbonyl (C=O) groups is 2. The van der Waals surface area contributed by atoms with E-state index in [1.807, 2.05) is 19.1 Å². The highest BCUT2D eigenvalue weighted by Gasteiger charge is 2.17. The van der Waals surface area contributed by atoms with E-state index < -0.39 is 5.97 Å². The Bertz CT molecular complexity index is 1230. The molecule has 3 rings (SSSR count). The maximum atomic E-state index is 12.8. The fourth-order valence-electron chi connectivity index (χ4n) is 4.69. The Morgan fingerprint density at radius 2 is 1.73 bits per heavy atom. The highest BCUT2D eigenvalue weighted by atomic mass is 16.5. The lowest BCUT2D eigenvalue weighted by atomic mass is 9.95. The lowest BCUT2D eigenvalue weighted by Gasteiger charge is -2.24. The van der Waals surface area contributed by atoms with Crippen LogP contribution in [0.1, 0.15) is 71.9 Å². The van der Waals surface area contributed by atoms with E-state index in [-0.39, 0.29) is 18.9 Å². The summed E-state index contributed by atoms with van der Waals surface area (Å²) < 4.78 is 8.11. The second-order valence-corrected chi connectivity index (χ2v) is 10.6. The van der Waals surface area contributed by atoms with Gasteiger partial charge in [0.25, 0.3) is 0 Å². The predicted molar refractivity (Wildman–Crippen MR) is 151 cm³/mol. The van der Waals surface area contributed by atoms with E-state index in [9.17, 15) is 9.59 Å². The van der Waals surface area contributed by atoms with E-state index in [0.717, 1.165) is 24.0 Å². The minimum absolute atomic E-state index is 0.0420. The number of rotatable bonds is 13. The van der Waals surface area contributed by atoms with Crippen LogP contribution in [0.5, 0.6) is 5.75 Å². The second-order valence-electron chi connectivity index (χ2n) is 10.6. The SMILES string of the molecule is C/C(=C\C(=O)Nc1ccccc1OCCCC(=O)O)c1ccc2c(ccn2C(CC(C)C)CC(C)C)c1. The molecule has 0 aliphatic rings. The maximum Gasteiger partial charge on any atom is 0.303 e. The van der Waals surface area contributed by atoms with E-state index in [0.29, 0.717) is 35.7 Å². The molecule has 0 unspecified atom stereocenters. The zero-order valence-electron chi connectivity index (χ0n) is 22.7. The summed E-state index contributed by atoms with van der Waals surface area (Å²) in [6.45, 7) is 11.3. The topological polar surface area (TPSA) is 80.6 Å². The summed E-state index contributed by atoms with van der Waals surface area (Å²) in [5.74, 6) is 0.679. The van der Waals surface area contributed by atoms with Crippen LogP contribution < -0.4 is 10.1 Å². The fourth-order valence-corrected chi connectivity index (χ4v) is 4.69. The van der Waals surface area contributed by atoms with Crippen molar-refractivity contribution in [2.75, 3.05) is 11.9 Å². The molecule has 2 aromatic carbocycles. The minimum atomic E-state index is -0.855. The molecule has 0 atom stereocenters. The second kappa shape index (κ2) is 13.1. The van der Waals surface area contributed by atoms with E-state index >= 15 is 0 Å². The highest BCUT2D eigenvalue weighted by molar-refractivity contribution is 6.04. The van der Waals surface area contributed by atoms with Gasteiger partial charge in [0, 0.05) is 35.6 Å². The molecule has 2 N–H and O–H groups in total. The number of nitrogens with one attached hydrogen (secondary N) is 1. The molecule has 0 radical (unpaired) electrons. The summed E-state index contributed by atoms with van der Waals surface area (Å²) in [6, 6.07) is 16.2. The summed E-state index contributed by atoms with van der Waals surface area (Å²) >= 11 is 0. The zero-order valence-corrected chi connectivity index (χ0v) is 22.7. The van der Waals surface area contributed by atoms with E-state index in [4.69, 9.17) is 9.84 Å². The number of carbonyl (C=O) groups excluding carboxylic acids is 1. The van der Waals surface area contributed by atoms with Crippen LogP contribution in [0, 0.1) is 11.8 Å². The molecule has 6 nitrogen and oxygen atoms in total. The molecule has 0 saturated carbocycles. The smallest absolute Gasteiger partial charge is 0.303 e. The molecule has 6 heteroatoms. The summed E-state index contributed by atoms with van der Waals surface area (Å²) in [5.41, 5.74) is 3.65. The number of amides is 1. The Morgan fingerprint density at radius 3 is 2.41 bits per heavy atom. The number of benzene rings is 2. The molecule has 0 aliphatic carbocycles. The van der Waals surface area contributed by atoms with Gasteiger partial charge in [-0.3, -0.25) is 9.59 Å². The molecule has 1 aromatic heterocycles. The zero-order chi connectivity index (χ0) is 26.9. The standard InChI is InChI=1S/C31H40N2O4/c1-21(2)17-26(18-22(3)4)33-15-14-25-20-24(12-13-28(25)33)23(5)19-30(34)32-27-9-6-7-10-29(27)37-16-8-11-31(35)36/h6-7,9-10,12-15,19-22,26H,8,11,16-18H2,1-5H3,(H,32,34)(H,35,36)/b23-19+. The fraction of sp³-hybridized carbons (Fsp3) is 0.419. The Labute approximate surface area is 220 Å². The first-order chi connectivity index (χ1) is 17.6. The third kappa shape index (κ3) is 8.24. The van der Waals surface area contributed by atoms with Crippen molar-refractivity contribution in [1.82, 2.24) is 4.57 Å². The van der Waals surface area contributed by atoms with E-state index in [2.05, 4.69) is 68.0 Å². The van der Waals surface area contributed by atoms with E-state index in [1.165, 1.54) is 10.9 Å². The largest absolute Gasteiger partial charge is 0.491 e. The number of fused-ring (bicyclic) bond motifs is 1. The van der Waals surface area contributed by atoms with Crippen molar-refractivity contribution in [2.45, 2.75) is 66.3 Å². The Morgan fingerprint density at radius 1 is 1.03 bits per heavy atom. The first kappa shape index (κ1) is 28.0. The van der Waals surface area contributed by atoms with Crippen LogP contribution >= 0.6 is 0 Å². The van der Waals surface area contributed by atoms with Crippen molar-refractivity contribution in [3.63, 3.8) is 0 Å². The first-order valence-corrected chi connectivity index (χ1v) is 13.2. The number of para-hydroxylation sites is 2. The lowest BCUT2D eigenvalue weighted by molar-refractivity contribution is -0.137. The van der Waals surface area contributed by atoms with Crippen molar-refractivity contribution in [1.29, 1.82) is 0 Å². The van der Waals surface area contributed by atoms with Crippen molar-refractivity contribution in [3.05, 3.63) is 66.4 Å². The van der Waals surface area contributed by atoms with Gasteiger partial charge in [-0.2, -0.15) is 0 Å². The summed E-state index contributed by atoms with van der Waals surface area (Å²) in [4.78, 5) is 23.5. The number of anilines is 1. The van der Waals surface area contributed by atoms with Gasteiger partial charge in [0.05, 0.1) is 12.3 Å². The monoisotopic (exact) mass is 504 g/mol. The van der Waals surface area contributed by atoms with Crippen LogP contribution in [0.2, 0.25) is 0 Å². The Hall–Kier alpha value is -3.54. The molecule has 0 bridgehead atoms. The Kier molecular flexibility index (Phi) is 9.95. The molecule has 1 heterocycles. The molecule has 1 amide bonds. The van der Waals surface area contributed by atoms with Gasteiger partial charge < -0.3 is 19.7 Å². The van der Waals surface area contributed by atoms with Crippen LogP contribution in [-0.4, -0.2) is 28.2 Å². The summed E-state index contributed by atoms with van der Waals surface area (Å²) in [5, 5.41) is 12.9. The number of hydrogen-bond acceptors (Lipinski definition) is 3. The average Bonchev–Trinajstić information content (AvgIpc) is 3.25. The van der Waals surface area contributed by atoms with Gasteiger partial charge in [-0.25, -0.2) is 0 Å². The van der Waals surface area contributed by atoms with Crippen LogP contribution in [0.15, 0.2) is 60.8 Å². The normalized spacial score (nSPS) is 12.1. The van der Waals surface area contributed by atoms with Crippen molar-refractivity contribution in [3.8, 4) is 5.75 Å². The van der Waals surface area contributed by atoms with Crippen molar-refractivity contribution >= 4 is 34.0 Å². The first-order valence-electron chi connectivity index (χ1n) is 13.2. The van der Waals surface area contributed by atoms with Gasteiger partial charge in [-0.15, -0.1) is 0 Å². The highest BCUT2D eigenvalue weighted by Crippen LogP contribution is 2.31.